The van der Waals surface area contributed by atoms with Gasteiger partial charge in [-0.3, -0.25) is 19.7 Å². The van der Waals surface area contributed by atoms with E-state index < -0.39 is 22.8 Å². The molecule has 0 fully saturated rings. The Morgan fingerprint density at radius 2 is 1.54 bits per heavy atom. The third-order valence-corrected chi connectivity index (χ3v) is 4.78. The van der Waals surface area contributed by atoms with Crippen LogP contribution >= 0.6 is 0 Å². The predicted octanol–water partition coefficient (Wildman–Crippen LogP) is 3.52. The van der Waals surface area contributed by atoms with Crippen molar-refractivity contribution in [2.75, 3.05) is 14.2 Å². The molecule has 3 rings (SSSR count). The smallest absolute Gasteiger partial charge is 0.343 e. The monoisotopic (exact) mass is 507 g/mol. The molecule has 1 N–H and O–H groups in total. The fourth-order valence-electron chi connectivity index (χ4n) is 3.00. The van der Waals surface area contributed by atoms with Crippen LogP contribution in [0, 0.1) is 10.1 Å². The van der Waals surface area contributed by atoms with Gasteiger partial charge in [-0.25, -0.2) is 10.2 Å². The highest BCUT2D eigenvalue weighted by atomic mass is 16.6. The van der Waals surface area contributed by atoms with E-state index in [9.17, 15) is 24.5 Å². The van der Waals surface area contributed by atoms with E-state index in [1.807, 2.05) is 0 Å². The van der Waals surface area contributed by atoms with Gasteiger partial charge < -0.3 is 18.9 Å². The van der Waals surface area contributed by atoms with Gasteiger partial charge in [-0.15, -0.1) is 0 Å². The highest BCUT2D eigenvalue weighted by Crippen LogP contribution is 2.29. The summed E-state index contributed by atoms with van der Waals surface area (Å²) < 4.78 is 20.6. The first kappa shape index (κ1) is 26.3. The second-order valence-electron chi connectivity index (χ2n) is 7.26. The van der Waals surface area contributed by atoms with E-state index in [0.29, 0.717) is 11.3 Å². The van der Waals surface area contributed by atoms with Gasteiger partial charge >= 0.3 is 11.9 Å². The van der Waals surface area contributed by atoms with Gasteiger partial charge in [0, 0.05) is 30.2 Å². The number of hydrogen-bond acceptors (Lipinski definition) is 10. The summed E-state index contributed by atoms with van der Waals surface area (Å²) in [5, 5.41) is 15.1. The van der Waals surface area contributed by atoms with Crippen LogP contribution in [0.3, 0.4) is 0 Å². The largest absolute Gasteiger partial charge is 0.497 e. The molecule has 0 saturated carbocycles. The maximum absolute atomic E-state index is 12.8. The molecule has 0 aromatic heterocycles. The summed E-state index contributed by atoms with van der Waals surface area (Å²) in [5.74, 6) is -1.18. The lowest BCUT2D eigenvalue weighted by Crippen LogP contribution is -2.17. The number of hydrogen-bond donors (Lipinski definition) is 1. The maximum atomic E-state index is 12.8. The van der Waals surface area contributed by atoms with Gasteiger partial charge in [0.15, 0.2) is 11.5 Å². The molecule has 0 heterocycles. The summed E-state index contributed by atoms with van der Waals surface area (Å²) >= 11 is 0. The van der Waals surface area contributed by atoms with Crippen LogP contribution in [0.15, 0.2) is 65.8 Å². The Morgan fingerprint density at radius 3 is 2.16 bits per heavy atom. The van der Waals surface area contributed by atoms with Gasteiger partial charge in [-0.05, 0) is 48.5 Å². The molecule has 3 aromatic rings. The average molecular weight is 507 g/mol. The molecule has 0 aliphatic heterocycles. The molecule has 12 nitrogen and oxygen atoms in total. The zero-order valence-corrected chi connectivity index (χ0v) is 19.9. The van der Waals surface area contributed by atoms with Crippen LogP contribution in [-0.4, -0.2) is 43.2 Å². The second-order valence-corrected chi connectivity index (χ2v) is 7.26. The maximum Gasteiger partial charge on any atom is 0.343 e. The van der Waals surface area contributed by atoms with Crippen LogP contribution in [0.2, 0.25) is 0 Å². The number of nitrogens with zero attached hydrogens (tertiary/aromatic N) is 2. The van der Waals surface area contributed by atoms with Crippen LogP contribution in [0.5, 0.6) is 23.0 Å². The van der Waals surface area contributed by atoms with Gasteiger partial charge in [-0.1, -0.05) is 0 Å². The van der Waals surface area contributed by atoms with Crippen LogP contribution in [-0.2, 0) is 4.79 Å². The summed E-state index contributed by atoms with van der Waals surface area (Å²) in [6.07, 6.45) is 1.11. The van der Waals surface area contributed by atoms with Crippen LogP contribution in [0.4, 0.5) is 5.69 Å². The summed E-state index contributed by atoms with van der Waals surface area (Å²) in [7, 11) is 2.83. The molecule has 0 aliphatic carbocycles. The fourth-order valence-corrected chi connectivity index (χ4v) is 3.00. The zero-order valence-electron chi connectivity index (χ0n) is 19.9. The summed E-state index contributed by atoms with van der Waals surface area (Å²) in [4.78, 5) is 46.9. The number of methoxy groups -OCH3 is 2. The number of rotatable bonds is 9. The van der Waals surface area contributed by atoms with Gasteiger partial charge in [0.25, 0.3) is 11.6 Å². The van der Waals surface area contributed by atoms with Gasteiger partial charge in [0.1, 0.15) is 11.5 Å². The number of carbonyl (C=O) groups excluding carboxylic acids is 3. The first-order valence-electron chi connectivity index (χ1n) is 10.6. The van der Waals surface area contributed by atoms with Crippen LogP contribution in [0.25, 0.3) is 0 Å². The summed E-state index contributed by atoms with van der Waals surface area (Å²) in [6, 6.07) is 13.8. The number of nitro groups is 1. The molecule has 0 atom stereocenters. The lowest BCUT2D eigenvalue weighted by molar-refractivity contribution is -0.384. The number of nitro benzene ring substituents is 1. The first-order valence-corrected chi connectivity index (χ1v) is 10.6. The van der Waals surface area contributed by atoms with Crippen molar-refractivity contribution in [3.8, 4) is 23.0 Å². The Bertz CT molecular complexity index is 1370. The van der Waals surface area contributed by atoms with Crippen molar-refractivity contribution in [1.82, 2.24) is 5.43 Å². The first-order chi connectivity index (χ1) is 17.7. The van der Waals surface area contributed by atoms with E-state index in [-0.39, 0.29) is 34.1 Å². The molecule has 37 heavy (non-hydrogen) atoms. The molecule has 0 radical (unpaired) electrons. The minimum Gasteiger partial charge on any atom is -0.497 e. The Hall–Kier alpha value is -5.26. The predicted molar refractivity (Wildman–Crippen MR) is 130 cm³/mol. The van der Waals surface area contributed by atoms with Crippen molar-refractivity contribution in [1.29, 1.82) is 0 Å². The minimum absolute atomic E-state index is 0.0546. The Labute approximate surface area is 210 Å². The molecule has 0 unspecified atom stereocenters. The fraction of sp³-hybridized carbons (Fsp3) is 0.120. The lowest BCUT2D eigenvalue weighted by Gasteiger charge is -2.11. The van der Waals surface area contributed by atoms with Crippen molar-refractivity contribution in [3.63, 3.8) is 0 Å². The normalized spacial score (nSPS) is 10.5. The number of nitrogens with one attached hydrogen (secondary N) is 1. The third-order valence-electron chi connectivity index (χ3n) is 4.78. The van der Waals surface area contributed by atoms with E-state index in [4.69, 9.17) is 18.9 Å². The summed E-state index contributed by atoms with van der Waals surface area (Å²) in [6.45, 7) is 1.22. The molecule has 3 aromatic carbocycles. The molecular weight excluding hydrogens is 486 g/mol. The Kier molecular flexibility index (Phi) is 8.49. The highest BCUT2D eigenvalue weighted by molar-refractivity contribution is 5.96. The van der Waals surface area contributed by atoms with Crippen molar-refractivity contribution < 1.29 is 38.3 Å². The second kappa shape index (κ2) is 11.9. The van der Waals surface area contributed by atoms with E-state index in [1.165, 1.54) is 57.5 Å². The third kappa shape index (κ3) is 6.88. The molecular formula is C25H21N3O9. The average Bonchev–Trinajstić information content (AvgIpc) is 2.89. The quantitative estimate of drug-likeness (QED) is 0.150. The van der Waals surface area contributed by atoms with Crippen molar-refractivity contribution in [2.24, 2.45) is 5.10 Å². The molecule has 0 spiro atoms. The molecule has 0 saturated heterocycles. The van der Waals surface area contributed by atoms with E-state index in [1.54, 1.807) is 12.1 Å². The molecule has 1 amide bonds. The van der Waals surface area contributed by atoms with Gasteiger partial charge in [0.05, 0.1) is 30.9 Å². The Morgan fingerprint density at radius 1 is 0.865 bits per heavy atom. The Balaban J connectivity index is 1.81. The number of esters is 2. The highest BCUT2D eigenvalue weighted by Gasteiger charge is 2.18. The zero-order chi connectivity index (χ0) is 26.9. The standard InChI is InChI=1S/C25H21N3O9/c1-15(29)36-22-10-6-17(13-23(22)35-3)25(31)37-21-11-7-19(28(32)33)12-18(21)14-26-27-24(30)16-4-8-20(34-2)9-5-16/h4-14H,1-3H3,(H,27,30)/b26-14+. The van der Waals surface area contributed by atoms with Crippen molar-refractivity contribution in [3.05, 3.63) is 87.5 Å². The topological polar surface area (TPSA) is 156 Å². The van der Waals surface area contributed by atoms with Gasteiger partial charge in [0.2, 0.25) is 0 Å². The molecule has 0 bridgehead atoms. The number of benzene rings is 3. The van der Waals surface area contributed by atoms with E-state index >= 15 is 0 Å². The minimum atomic E-state index is -0.821. The van der Waals surface area contributed by atoms with Crippen LogP contribution in [0.1, 0.15) is 33.2 Å². The number of carbonyl (C=O) groups is 3. The SMILES string of the molecule is COc1ccc(C(=O)N/N=C/c2cc([N+](=O)[O-])ccc2OC(=O)c2ccc(OC(C)=O)c(OC)c2)cc1. The van der Waals surface area contributed by atoms with Crippen molar-refractivity contribution in [2.45, 2.75) is 6.92 Å². The summed E-state index contributed by atoms with van der Waals surface area (Å²) in [5.41, 5.74) is 2.44. The number of non-ortho nitro benzene ring substituents is 1. The number of ether oxygens (including phenoxy) is 4. The van der Waals surface area contributed by atoms with E-state index in [0.717, 1.165) is 18.3 Å². The lowest BCUT2D eigenvalue weighted by atomic mass is 10.1. The van der Waals surface area contributed by atoms with Crippen molar-refractivity contribution >= 4 is 29.7 Å². The molecule has 190 valence electrons. The number of hydrazone groups is 1. The molecule has 12 heteroatoms. The van der Waals surface area contributed by atoms with Gasteiger partial charge in [-0.2, -0.15) is 5.10 Å². The molecule has 0 aliphatic rings. The van der Waals surface area contributed by atoms with E-state index in [2.05, 4.69) is 10.5 Å². The number of amides is 1. The van der Waals surface area contributed by atoms with Crippen LogP contribution < -0.4 is 24.4 Å².